The molecule has 27 heavy (non-hydrogen) atoms. The molecule has 0 aromatic heterocycles. The molecule has 2 aromatic carbocycles. The lowest BCUT2D eigenvalue weighted by atomic mass is 9.51. The lowest BCUT2D eigenvalue weighted by molar-refractivity contribution is -0.0794. The molecule has 0 heterocycles. The SMILES string of the molecule is CC1(C)CC(C)(C)C1(NC1C=CC=C1)[SiH](c1ccccc1)c1ccccc1. The first kappa shape index (κ1) is 18.5. The third kappa shape index (κ3) is 2.86. The van der Waals surface area contributed by atoms with E-state index in [0.717, 1.165) is 0 Å². The average Bonchev–Trinajstić information content (AvgIpc) is 3.15. The van der Waals surface area contributed by atoms with Crippen molar-refractivity contribution in [2.75, 3.05) is 0 Å². The second-order valence-corrected chi connectivity index (χ2v) is 12.5. The first-order valence-electron chi connectivity index (χ1n) is 10.1. The summed E-state index contributed by atoms with van der Waals surface area (Å²) >= 11 is 0. The zero-order valence-electron chi connectivity index (χ0n) is 16.9. The molecule has 0 amide bonds. The highest BCUT2D eigenvalue weighted by atomic mass is 28.3. The summed E-state index contributed by atoms with van der Waals surface area (Å²) in [7, 11) is -1.58. The van der Waals surface area contributed by atoms with Gasteiger partial charge in [-0.15, -0.1) is 0 Å². The van der Waals surface area contributed by atoms with Crippen LogP contribution in [0.15, 0.2) is 85.0 Å². The summed E-state index contributed by atoms with van der Waals surface area (Å²) in [5, 5.41) is 7.35. The maximum Gasteiger partial charge on any atom is 0.125 e. The molecule has 0 aliphatic heterocycles. The van der Waals surface area contributed by atoms with E-state index >= 15 is 0 Å². The number of benzene rings is 2. The molecule has 0 bridgehead atoms. The average molecular weight is 374 g/mol. The van der Waals surface area contributed by atoms with E-state index in [1.54, 1.807) is 0 Å². The van der Waals surface area contributed by atoms with Gasteiger partial charge in [-0.05, 0) is 17.3 Å². The lowest BCUT2D eigenvalue weighted by Gasteiger charge is -2.71. The van der Waals surface area contributed by atoms with Crippen LogP contribution in [0.5, 0.6) is 0 Å². The van der Waals surface area contributed by atoms with Crippen molar-refractivity contribution in [1.82, 2.24) is 5.32 Å². The van der Waals surface area contributed by atoms with Crippen molar-refractivity contribution in [1.29, 1.82) is 0 Å². The van der Waals surface area contributed by atoms with Crippen molar-refractivity contribution >= 4 is 19.2 Å². The Labute approximate surface area is 165 Å². The maximum absolute atomic E-state index is 4.19. The number of allylic oxidation sites excluding steroid dienone is 2. The minimum absolute atomic E-state index is 0.0897. The molecule has 2 aliphatic carbocycles. The van der Waals surface area contributed by atoms with Gasteiger partial charge in [0.05, 0.1) is 0 Å². The van der Waals surface area contributed by atoms with Crippen LogP contribution in [-0.2, 0) is 0 Å². The van der Waals surface area contributed by atoms with Gasteiger partial charge in [0.2, 0.25) is 0 Å². The van der Waals surface area contributed by atoms with Gasteiger partial charge in [0.15, 0.2) is 0 Å². The quantitative estimate of drug-likeness (QED) is 0.785. The Kier molecular flexibility index (Phi) is 4.52. The summed E-state index contributed by atoms with van der Waals surface area (Å²) in [5.41, 5.74) is 0.479. The summed E-state index contributed by atoms with van der Waals surface area (Å²) in [6.07, 6.45) is 10.2. The largest absolute Gasteiger partial charge is 0.303 e. The molecule has 0 unspecified atom stereocenters. The van der Waals surface area contributed by atoms with Gasteiger partial charge >= 0.3 is 0 Å². The van der Waals surface area contributed by atoms with Gasteiger partial charge in [0.25, 0.3) is 0 Å². The zero-order valence-corrected chi connectivity index (χ0v) is 18.1. The normalized spacial score (nSPS) is 22.1. The number of hydrogen-bond donors (Lipinski definition) is 1. The second-order valence-electron chi connectivity index (χ2n) is 9.45. The summed E-state index contributed by atoms with van der Waals surface area (Å²) in [4.78, 5) is 0. The van der Waals surface area contributed by atoms with Crippen LogP contribution in [0.3, 0.4) is 0 Å². The lowest BCUT2D eigenvalue weighted by Crippen LogP contribution is -2.85. The van der Waals surface area contributed by atoms with Crippen molar-refractivity contribution in [2.45, 2.75) is 45.3 Å². The minimum atomic E-state index is -1.58. The smallest absolute Gasteiger partial charge is 0.125 e. The predicted molar refractivity (Wildman–Crippen MR) is 119 cm³/mol. The van der Waals surface area contributed by atoms with E-state index in [9.17, 15) is 0 Å². The van der Waals surface area contributed by atoms with Crippen molar-refractivity contribution in [2.24, 2.45) is 10.8 Å². The standard InChI is InChI=1S/C25H31NSi/c1-23(2)19-24(3,4)25(23,26-20-13-11-12-14-20)27(21-15-7-5-8-16-21)22-17-9-6-10-18-22/h5-18,20,26-27H,19H2,1-4H3. The fourth-order valence-electron chi connectivity index (χ4n) is 6.22. The highest BCUT2D eigenvalue weighted by molar-refractivity contribution is 6.88. The molecule has 1 N–H and O–H groups in total. The minimum Gasteiger partial charge on any atom is -0.303 e. The van der Waals surface area contributed by atoms with Gasteiger partial charge in [-0.3, -0.25) is 0 Å². The summed E-state index contributed by atoms with van der Waals surface area (Å²) in [5.74, 6) is 0. The number of rotatable bonds is 5. The zero-order chi connectivity index (χ0) is 19.1. The topological polar surface area (TPSA) is 12.0 Å². The van der Waals surface area contributed by atoms with Crippen molar-refractivity contribution < 1.29 is 0 Å². The van der Waals surface area contributed by atoms with Crippen LogP contribution in [0.4, 0.5) is 0 Å². The Morgan fingerprint density at radius 1 is 0.741 bits per heavy atom. The Morgan fingerprint density at radius 2 is 1.19 bits per heavy atom. The number of hydrogen-bond acceptors (Lipinski definition) is 1. The Balaban J connectivity index is 1.92. The first-order valence-corrected chi connectivity index (χ1v) is 11.8. The molecule has 2 heteroatoms. The molecule has 2 aliphatic rings. The fraction of sp³-hybridized carbons (Fsp3) is 0.360. The molecule has 2 aromatic rings. The number of nitrogens with one attached hydrogen (secondary N) is 1. The van der Waals surface area contributed by atoms with Crippen molar-refractivity contribution in [3.8, 4) is 0 Å². The van der Waals surface area contributed by atoms with E-state index in [2.05, 4.69) is 118 Å². The van der Waals surface area contributed by atoms with Crippen LogP contribution in [-0.4, -0.2) is 20.0 Å². The van der Waals surface area contributed by atoms with Gasteiger partial charge in [0, 0.05) is 11.2 Å². The van der Waals surface area contributed by atoms with Gasteiger partial charge in [-0.1, -0.05) is 123 Å². The molecule has 140 valence electrons. The van der Waals surface area contributed by atoms with E-state index in [0.29, 0.717) is 6.04 Å². The van der Waals surface area contributed by atoms with Crippen LogP contribution in [0.2, 0.25) is 0 Å². The first-order chi connectivity index (χ1) is 12.9. The maximum atomic E-state index is 4.19. The van der Waals surface area contributed by atoms with E-state index in [1.807, 2.05) is 0 Å². The third-order valence-electron chi connectivity index (χ3n) is 6.86. The van der Waals surface area contributed by atoms with Gasteiger partial charge < -0.3 is 5.32 Å². The van der Waals surface area contributed by atoms with Crippen molar-refractivity contribution in [3.05, 3.63) is 85.0 Å². The van der Waals surface area contributed by atoms with E-state index in [-0.39, 0.29) is 16.0 Å². The molecule has 0 spiro atoms. The Morgan fingerprint density at radius 3 is 1.59 bits per heavy atom. The molecule has 4 rings (SSSR count). The second kappa shape index (κ2) is 6.61. The van der Waals surface area contributed by atoms with Gasteiger partial charge in [-0.2, -0.15) is 0 Å². The molecule has 1 fully saturated rings. The molecule has 0 radical (unpaired) electrons. The van der Waals surface area contributed by atoms with Gasteiger partial charge in [0.1, 0.15) is 8.80 Å². The van der Waals surface area contributed by atoms with E-state index in [4.69, 9.17) is 0 Å². The molecular weight excluding hydrogens is 342 g/mol. The monoisotopic (exact) mass is 373 g/mol. The van der Waals surface area contributed by atoms with Crippen LogP contribution >= 0.6 is 0 Å². The Hall–Kier alpha value is -1.90. The van der Waals surface area contributed by atoms with Crippen LogP contribution in [0.1, 0.15) is 34.1 Å². The van der Waals surface area contributed by atoms with Crippen molar-refractivity contribution in [3.63, 3.8) is 0 Å². The summed E-state index contributed by atoms with van der Waals surface area (Å²) in [6, 6.07) is 22.9. The molecule has 0 atom stereocenters. The molecule has 1 nitrogen and oxygen atoms in total. The van der Waals surface area contributed by atoms with E-state index < -0.39 is 8.80 Å². The molecular formula is C25H31NSi. The molecule has 1 saturated carbocycles. The van der Waals surface area contributed by atoms with Crippen LogP contribution < -0.4 is 15.7 Å². The Bertz CT molecular complexity index is 783. The predicted octanol–water partition coefficient (Wildman–Crippen LogP) is 3.85. The van der Waals surface area contributed by atoms with Crippen LogP contribution in [0.25, 0.3) is 0 Å². The summed E-state index contributed by atoms with van der Waals surface area (Å²) in [6.45, 7) is 9.89. The fourth-order valence-corrected chi connectivity index (χ4v) is 10.9. The highest BCUT2D eigenvalue weighted by Gasteiger charge is 2.69. The van der Waals surface area contributed by atoms with E-state index in [1.165, 1.54) is 16.8 Å². The highest BCUT2D eigenvalue weighted by Crippen LogP contribution is 2.62. The molecule has 0 saturated heterocycles. The summed E-state index contributed by atoms with van der Waals surface area (Å²) < 4.78 is 0. The van der Waals surface area contributed by atoms with Crippen LogP contribution in [0, 0.1) is 10.8 Å². The third-order valence-corrected chi connectivity index (χ3v) is 11.6. The van der Waals surface area contributed by atoms with Gasteiger partial charge in [-0.25, -0.2) is 0 Å².